The number of aromatic nitrogens is 2. The van der Waals surface area contributed by atoms with Crippen LogP contribution in [0.15, 0.2) is 24.4 Å². The third-order valence-corrected chi connectivity index (χ3v) is 2.70. The molecule has 0 spiro atoms. The van der Waals surface area contributed by atoms with E-state index in [2.05, 4.69) is 15.3 Å². The van der Waals surface area contributed by atoms with Gasteiger partial charge in [0.05, 0.1) is 11.3 Å². The van der Waals surface area contributed by atoms with Gasteiger partial charge in [0.15, 0.2) is 0 Å². The summed E-state index contributed by atoms with van der Waals surface area (Å²) in [7, 11) is 0. The summed E-state index contributed by atoms with van der Waals surface area (Å²) in [6.07, 6.45) is 2.48. The molecule has 0 aliphatic carbocycles. The molecule has 0 unspecified atom stereocenters. The Hall–Kier alpha value is -2.04. The standard InChI is InChI=1S/C14H15F2N3/c1-3-7-17-14-18-8-9(2)13(19-14)12-10(15)5-4-6-11(12)16/h4-6,8H,3,7H2,1-2H3,(H,17,18,19). The highest BCUT2D eigenvalue weighted by Gasteiger charge is 2.15. The van der Waals surface area contributed by atoms with Crippen molar-refractivity contribution in [2.75, 3.05) is 11.9 Å². The fraction of sp³-hybridized carbons (Fsp3) is 0.286. The van der Waals surface area contributed by atoms with Crippen molar-refractivity contribution in [2.45, 2.75) is 20.3 Å². The van der Waals surface area contributed by atoms with E-state index >= 15 is 0 Å². The maximum absolute atomic E-state index is 13.8. The summed E-state index contributed by atoms with van der Waals surface area (Å²) in [5, 5.41) is 3.00. The van der Waals surface area contributed by atoms with Crippen LogP contribution in [-0.4, -0.2) is 16.5 Å². The fourth-order valence-corrected chi connectivity index (χ4v) is 1.74. The van der Waals surface area contributed by atoms with E-state index in [9.17, 15) is 8.78 Å². The van der Waals surface area contributed by atoms with Gasteiger partial charge in [-0.3, -0.25) is 0 Å². The van der Waals surface area contributed by atoms with Crippen LogP contribution in [0.25, 0.3) is 11.3 Å². The largest absolute Gasteiger partial charge is 0.354 e. The molecule has 100 valence electrons. The second-order valence-corrected chi connectivity index (χ2v) is 4.25. The number of nitrogens with zero attached hydrogens (tertiary/aromatic N) is 2. The Bertz CT molecular complexity index is 565. The van der Waals surface area contributed by atoms with Gasteiger partial charge in [0.2, 0.25) is 5.95 Å². The number of nitrogens with one attached hydrogen (secondary N) is 1. The molecule has 0 saturated heterocycles. The predicted molar refractivity (Wildman–Crippen MR) is 70.9 cm³/mol. The summed E-state index contributed by atoms with van der Waals surface area (Å²) in [4.78, 5) is 8.29. The smallest absolute Gasteiger partial charge is 0.223 e. The lowest BCUT2D eigenvalue weighted by Gasteiger charge is -2.10. The first-order chi connectivity index (χ1) is 9.13. The van der Waals surface area contributed by atoms with Gasteiger partial charge < -0.3 is 5.32 Å². The van der Waals surface area contributed by atoms with Crippen LogP contribution in [0.1, 0.15) is 18.9 Å². The normalized spacial score (nSPS) is 10.5. The molecular weight excluding hydrogens is 248 g/mol. The monoisotopic (exact) mass is 263 g/mol. The molecule has 1 heterocycles. The van der Waals surface area contributed by atoms with Gasteiger partial charge in [-0.25, -0.2) is 18.7 Å². The molecule has 5 heteroatoms. The molecule has 0 radical (unpaired) electrons. The second-order valence-electron chi connectivity index (χ2n) is 4.25. The zero-order chi connectivity index (χ0) is 13.8. The van der Waals surface area contributed by atoms with Crippen LogP contribution in [0.3, 0.4) is 0 Å². The second kappa shape index (κ2) is 5.73. The lowest BCUT2D eigenvalue weighted by Crippen LogP contribution is -2.06. The number of hydrogen-bond donors (Lipinski definition) is 1. The number of hydrogen-bond acceptors (Lipinski definition) is 3. The van der Waals surface area contributed by atoms with Gasteiger partial charge in [-0.15, -0.1) is 0 Å². The van der Waals surface area contributed by atoms with Gasteiger partial charge in [-0.05, 0) is 31.0 Å². The minimum Gasteiger partial charge on any atom is -0.354 e. The summed E-state index contributed by atoms with van der Waals surface area (Å²) in [5.41, 5.74) is 0.803. The van der Waals surface area contributed by atoms with E-state index in [0.717, 1.165) is 6.42 Å². The number of benzene rings is 1. The number of rotatable bonds is 4. The lowest BCUT2D eigenvalue weighted by molar-refractivity contribution is 0.588. The van der Waals surface area contributed by atoms with Crippen molar-refractivity contribution < 1.29 is 8.78 Å². The molecule has 0 amide bonds. The Morgan fingerprint density at radius 3 is 2.53 bits per heavy atom. The topological polar surface area (TPSA) is 37.8 Å². The van der Waals surface area contributed by atoms with Crippen molar-refractivity contribution in [3.8, 4) is 11.3 Å². The van der Waals surface area contributed by atoms with Crippen LogP contribution < -0.4 is 5.32 Å². The quantitative estimate of drug-likeness (QED) is 0.916. The Kier molecular flexibility index (Phi) is 4.04. The van der Waals surface area contributed by atoms with Gasteiger partial charge in [0, 0.05) is 12.7 Å². The highest BCUT2D eigenvalue weighted by atomic mass is 19.1. The maximum atomic E-state index is 13.8. The van der Waals surface area contributed by atoms with Crippen LogP contribution in [0.2, 0.25) is 0 Å². The summed E-state index contributed by atoms with van der Waals surface area (Å²) in [5.74, 6) is -0.864. The summed E-state index contributed by atoms with van der Waals surface area (Å²) >= 11 is 0. The van der Waals surface area contributed by atoms with Crippen LogP contribution in [0, 0.1) is 18.6 Å². The molecule has 2 rings (SSSR count). The van der Waals surface area contributed by atoms with Crippen molar-refractivity contribution >= 4 is 5.95 Å². The average molecular weight is 263 g/mol. The van der Waals surface area contributed by atoms with E-state index in [1.165, 1.54) is 18.2 Å². The van der Waals surface area contributed by atoms with E-state index < -0.39 is 11.6 Å². The first-order valence-electron chi connectivity index (χ1n) is 6.15. The third-order valence-electron chi connectivity index (χ3n) is 2.70. The lowest BCUT2D eigenvalue weighted by atomic mass is 10.1. The molecule has 0 saturated carbocycles. The van der Waals surface area contributed by atoms with Crippen molar-refractivity contribution in [3.05, 3.63) is 41.6 Å². The van der Waals surface area contributed by atoms with Crippen molar-refractivity contribution in [2.24, 2.45) is 0 Å². The molecule has 0 bridgehead atoms. The van der Waals surface area contributed by atoms with E-state index in [4.69, 9.17) is 0 Å². The van der Waals surface area contributed by atoms with Crippen molar-refractivity contribution in [1.82, 2.24) is 9.97 Å². The molecule has 1 aromatic carbocycles. The Morgan fingerprint density at radius 2 is 1.89 bits per heavy atom. The van der Waals surface area contributed by atoms with Crippen LogP contribution in [-0.2, 0) is 0 Å². The van der Waals surface area contributed by atoms with Crippen molar-refractivity contribution in [1.29, 1.82) is 0 Å². The van der Waals surface area contributed by atoms with Gasteiger partial charge in [-0.2, -0.15) is 0 Å². The number of anilines is 1. The molecule has 0 aliphatic rings. The Balaban J connectivity index is 2.49. The molecule has 3 nitrogen and oxygen atoms in total. The van der Waals surface area contributed by atoms with E-state index in [1.54, 1.807) is 13.1 Å². The minimum atomic E-state index is -0.622. The minimum absolute atomic E-state index is 0.109. The van der Waals surface area contributed by atoms with Gasteiger partial charge in [0.25, 0.3) is 0 Å². The molecule has 1 N–H and O–H groups in total. The molecule has 0 atom stereocenters. The first-order valence-corrected chi connectivity index (χ1v) is 6.15. The zero-order valence-corrected chi connectivity index (χ0v) is 10.9. The summed E-state index contributed by atoms with van der Waals surface area (Å²) in [6.45, 7) is 4.45. The predicted octanol–water partition coefficient (Wildman–Crippen LogP) is 3.55. The Labute approximate surface area is 110 Å². The molecule has 2 aromatic rings. The Morgan fingerprint density at radius 1 is 1.21 bits per heavy atom. The van der Waals surface area contributed by atoms with Gasteiger partial charge in [-0.1, -0.05) is 13.0 Å². The van der Waals surface area contributed by atoms with Gasteiger partial charge >= 0.3 is 0 Å². The van der Waals surface area contributed by atoms with Crippen LogP contribution in [0.4, 0.5) is 14.7 Å². The van der Waals surface area contributed by atoms with E-state index in [-0.39, 0.29) is 11.3 Å². The highest BCUT2D eigenvalue weighted by Crippen LogP contribution is 2.27. The average Bonchev–Trinajstić information content (AvgIpc) is 2.39. The molecule has 1 aromatic heterocycles. The summed E-state index contributed by atoms with van der Waals surface area (Å²) in [6, 6.07) is 3.78. The van der Waals surface area contributed by atoms with Crippen LogP contribution in [0.5, 0.6) is 0 Å². The first kappa shape index (κ1) is 13.4. The molecule has 0 aliphatic heterocycles. The number of halogens is 2. The SMILES string of the molecule is CCCNc1ncc(C)c(-c2c(F)cccc2F)n1. The highest BCUT2D eigenvalue weighted by molar-refractivity contribution is 5.65. The molecular formula is C14H15F2N3. The van der Waals surface area contributed by atoms with Crippen LogP contribution >= 0.6 is 0 Å². The number of aryl methyl sites for hydroxylation is 1. The third kappa shape index (κ3) is 2.86. The fourth-order valence-electron chi connectivity index (χ4n) is 1.74. The maximum Gasteiger partial charge on any atom is 0.223 e. The van der Waals surface area contributed by atoms with Gasteiger partial charge in [0.1, 0.15) is 11.6 Å². The summed E-state index contributed by atoms with van der Waals surface area (Å²) < 4.78 is 27.6. The molecule has 0 fully saturated rings. The molecule has 19 heavy (non-hydrogen) atoms. The van der Waals surface area contributed by atoms with Crippen molar-refractivity contribution in [3.63, 3.8) is 0 Å². The zero-order valence-electron chi connectivity index (χ0n) is 10.9. The van der Waals surface area contributed by atoms with E-state index in [0.29, 0.717) is 18.1 Å². The van der Waals surface area contributed by atoms with E-state index in [1.807, 2.05) is 6.92 Å².